The molecule has 0 rings (SSSR count). The molecule has 0 aliphatic heterocycles. The van der Waals surface area contributed by atoms with Crippen molar-refractivity contribution in [1.82, 2.24) is 0 Å². The summed E-state index contributed by atoms with van der Waals surface area (Å²) in [6, 6.07) is 0. The molecule has 0 radical (unpaired) electrons. The van der Waals surface area contributed by atoms with Gasteiger partial charge in [-0.25, -0.2) is 4.79 Å². The summed E-state index contributed by atoms with van der Waals surface area (Å²) in [6.45, 7) is 0. The van der Waals surface area contributed by atoms with Gasteiger partial charge in [-0.05, 0) is 0 Å². The molecule has 10 heavy (non-hydrogen) atoms. The zero-order valence-electron chi connectivity index (χ0n) is 5.56. The van der Waals surface area contributed by atoms with Crippen LogP contribution >= 0.6 is 31.9 Å². The molecule has 0 aliphatic rings. The number of rotatable bonds is 3. The molecule has 0 saturated heterocycles. The third-order valence-corrected chi connectivity index (χ3v) is 1.84. The van der Waals surface area contributed by atoms with Crippen LogP contribution in [0.25, 0.3) is 0 Å². The molecule has 0 aromatic carbocycles. The molecule has 0 amide bonds. The van der Waals surface area contributed by atoms with Gasteiger partial charge in [-0.3, -0.25) is 0 Å². The number of carbonyl (C=O) groups excluding carboxylic acids is 1. The van der Waals surface area contributed by atoms with Crippen molar-refractivity contribution in [1.29, 1.82) is 0 Å². The van der Waals surface area contributed by atoms with Crippen molar-refractivity contribution in [3.05, 3.63) is 11.6 Å². The first kappa shape index (κ1) is 10.2. The van der Waals surface area contributed by atoms with Gasteiger partial charge in [0.05, 0.1) is 7.11 Å². The van der Waals surface area contributed by atoms with Crippen LogP contribution in [-0.4, -0.2) is 23.7 Å². The molecule has 0 spiro atoms. The van der Waals surface area contributed by atoms with E-state index in [1.807, 2.05) is 0 Å². The number of allylic oxidation sites excluding steroid dienone is 1. The predicted molar refractivity (Wildman–Crippen MR) is 47.7 cm³/mol. The number of ether oxygens (including phenoxy) is 1. The molecule has 0 bridgehead atoms. The number of hydrogen-bond donors (Lipinski definition) is 0. The number of halogens is 2. The van der Waals surface area contributed by atoms with Crippen LogP contribution < -0.4 is 0 Å². The molecule has 4 heteroatoms. The molecular formula is C6H8Br2O2. The second kappa shape index (κ2) is 5.92. The molecule has 0 heterocycles. The van der Waals surface area contributed by atoms with Gasteiger partial charge in [0.1, 0.15) is 0 Å². The summed E-state index contributed by atoms with van der Waals surface area (Å²) in [4.78, 5) is 10.8. The van der Waals surface area contributed by atoms with Gasteiger partial charge >= 0.3 is 5.97 Å². The molecule has 0 saturated carbocycles. The molecule has 0 N–H and O–H groups in total. The molecule has 0 aromatic rings. The Hall–Kier alpha value is 0.170. The zero-order chi connectivity index (χ0) is 7.98. The first-order valence-electron chi connectivity index (χ1n) is 2.65. The summed E-state index contributed by atoms with van der Waals surface area (Å²) in [7, 11) is 1.37. The van der Waals surface area contributed by atoms with E-state index in [1.165, 1.54) is 7.11 Å². The van der Waals surface area contributed by atoms with E-state index in [9.17, 15) is 4.79 Å². The van der Waals surface area contributed by atoms with E-state index in [-0.39, 0.29) is 5.97 Å². The van der Waals surface area contributed by atoms with E-state index >= 15 is 0 Å². The highest BCUT2D eigenvalue weighted by molar-refractivity contribution is 9.09. The molecule has 0 atom stereocenters. The Labute approximate surface area is 76.9 Å². The van der Waals surface area contributed by atoms with Crippen molar-refractivity contribution in [2.24, 2.45) is 0 Å². The Morgan fingerprint density at radius 1 is 1.60 bits per heavy atom. The lowest BCUT2D eigenvalue weighted by molar-refractivity contribution is -0.135. The van der Waals surface area contributed by atoms with Crippen LogP contribution in [0.15, 0.2) is 11.6 Å². The molecule has 0 aromatic heterocycles. The van der Waals surface area contributed by atoms with Crippen LogP contribution in [0.4, 0.5) is 0 Å². The minimum Gasteiger partial charge on any atom is -0.466 e. The van der Waals surface area contributed by atoms with Crippen molar-refractivity contribution < 1.29 is 9.53 Å². The van der Waals surface area contributed by atoms with Gasteiger partial charge in [0.25, 0.3) is 0 Å². The van der Waals surface area contributed by atoms with Crippen LogP contribution in [0.3, 0.4) is 0 Å². The van der Waals surface area contributed by atoms with Crippen LogP contribution in [0.5, 0.6) is 0 Å². The van der Waals surface area contributed by atoms with Crippen molar-refractivity contribution in [3.8, 4) is 0 Å². The second-order valence-electron chi connectivity index (χ2n) is 1.51. The van der Waals surface area contributed by atoms with Crippen LogP contribution in [-0.2, 0) is 9.53 Å². The zero-order valence-corrected chi connectivity index (χ0v) is 8.74. The summed E-state index contributed by atoms with van der Waals surface area (Å²) >= 11 is 6.35. The van der Waals surface area contributed by atoms with Crippen LogP contribution in [0.1, 0.15) is 0 Å². The maximum absolute atomic E-state index is 10.8. The maximum Gasteiger partial charge on any atom is 0.334 e. The highest BCUT2D eigenvalue weighted by Crippen LogP contribution is 2.02. The van der Waals surface area contributed by atoms with E-state index in [0.717, 1.165) is 0 Å². The van der Waals surface area contributed by atoms with Crippen molar-refractivity contribution in [3.63, 3.8) is 0 Å². The van der Waals surface area contributed by atoms with E-state index < -0.39 is 0 Å². The minimum absolute atomic E-state index is 0.281. The molecule has 58 valence electrons. The first-order valence-corrected chi connectivity index (χ1v) is 4.89. The van der Waals surface area contributed by atoms with Gasteiger partial charge in [0.15, 0.2) is 0 Å². The van der Waals surface area contributed by atoms with Crippen molar-refractivity contribution in [2.75, 3.05) is 17.8 Å². The number of esters is 1. The topological polar surface area (TPSA) is 26.3 Å². The predicted octanol–water partition coefficient (Wildman–Crippen LogP) is 1.88. The van der Waals surface area contributed by atoms with Gasteiger partial charge in [0, 0.05) is 16.2 Å². The lowest BCUT2D eigenvalue weighted by atomic mass is 10.3. The molecule has 0 fully saturated rings. The Balaban J connectivity index is 4.06. The summed E-state index contributed by atoms with van der Waals surface area (Å²) in [6.07, 6.45) is 1.76. The lowest BCUT2D eigenvalue weighted by Gasteiger charge is -1.98. The number of alkyl halides is 2. The van der Waals surface area contributed by atoms with Gasteiger partial charge in [-0.1, -0.05) is 37.9 Å². The van der Waals surface area contributed by atoms with E-state index in [0.29, 0.717) is 16.2 Å². The summed E-state index contributed by atoms with van der Waals surface area (Å²) in [5.41, 5.74) is 0.638. The quantitative estimate of drug-likeness (QED) is 0.445. The monoisotopic (exact) mass is 270 g/mol. The Kier molecular flexibility index (Phi) is 6.02. The summed E-state index contributed by atoms with van der Waals surface area (Å²) in [5.74, 6) is -0.281. The van der Waals surface area contributed by atoms with Crippen LogP contribution in [0.2, 0.25) is 0 Å². The third kappa shape index (κ3) is 3.37. The van der Waals surface area contributed by atoms with Crippen molar-refractivity contribution >= 4 is 37.8 Å². The van der Waals surface area contributed by atoms with Crippen molar-refractivity contribution in [2.45, 2.75) is 0 Å². The first-order chi connectivity index (χ1) is 4.76. The fraction of sp³-hybridized carbons (Fsp3) is 0.500. The third-order valence-electron chi connectivity index (χ3n) is 0.915. The Morgan fingerprint density at radius 3 is 2.50 bits per heavy atom. The number of hydrogen-bond acceptors (Lipinski definition) is 2. The normalized spacial score (nSPS) is 11.3. The summed E-state index contributed by atoms with van der Waals surface area (Å²) < 4.78 is 4.50. The lowest BCUT2D eigenvalue weighted by Crippen LogP contribution is -2.05. The van der Waals surface area contributed by atoms with Gasteiger partial charge in [0.2, 0.25) is 0 Å². The van der Waals surface area contributed by atoms with Gasteiger partial charge < -0.3 is 4.74 Å². The smallest absolute Gasteiger partial charge is 0.334 e. The van der Waals surface area contributed by atoms with E-state index in [2.05, 4.69) is 36.6 Å². The fourth-order valence-electron chi connectivity index (χ4n) is 0.417. The fourth-order valence-corrected chi connectivity index (χ4v) is 1.27. The maximum atomic E-state index is 10.8. The number of methoxy groups -OCH3 is 1. The Bertz CT molecular complexity index is 143. The largest absolute Gasteiger partial charge is 0.466 e. The average molecular weight is 272 g/mol. The highest BCUT2D eigenvalue weighted by Gasteiger charge is 2.05. The highest BCUT2D eigenvalue weighted by atomic mass is 79.9. The number of carbonyl (C=O) groups is 1. The van der Waals surface area contributed by atoms with Crippen LogP contribution in [0, 0.1) is 0 Å². The van der Waals surface area contributed by atoms with Gasteiger partial charge in [-0.15, -0.1) is 0 Å². The van der Waals surface area contributed by atoms with E-state index in [1.54, 1.807) is 6.08 Å². The minimum atomic E-state index is -0.281. The van der Waals surface area contributed by atoms with E-state index in [4.69, 9.17) is 0 Å². The molecular weight excluding hydrogens is 264 g/mol. The molecule has 0 aliphatic carbocycles. The second-order valence-corrected chi connectivity index (χ2v) is 2.72. The average Bonchev–Trinajstić information content (AvgIpc) is 1.99. The molecule has 2 nitrogen and oxygen atoms in total. The van der Waals surface area contributed by atoms with Gasteiger partial charge in [-0.2, -0.15) is 0 Å². The standard InChI is InChI=1S/C6H8Br2O2/c1-10-6(9)5(4-8)2-3-7/h2H,3-4H2,1H3/b5-2+. The molecule has 0 unspecified atom stereocenters. The SMILES string of the molecule is COC(=O)/C(=C/CBr)CBr. The summed E-state index contributed by atoms with van der Waals surface area (Å²) in [5, 5.41) is 1.20. The Morgan fingerprint density at radius 2 is 2.20 bits per heavy atom.